The van der Waals surface area contributed by atoms with Crippen LogP contribution in [0.15, 0.2) is 30.6 Å². The number of carbonyl (C=O) groups excluding carboxylic acids is 1. The number of nitrogens with zero attached hydrogens (tertiary/aromatic N) is 2. The van der Waals surface area contributed by atoms with E-state index in [2.05, 4.69) is 5.10 Å². The summed E-state index contributed by atoms with van der Waals surface area (Å²) in [6.45, 7) is 3.88. The number of rotatable bonds is 3. The minimum absolute atomic E-state index is 0.0656. The number of hydrogen-bond acceptors (Lipinski definition) is 3. The topological polar surface area (TPSA) is 60.9 Å². The molecular weight excluding hydrogens is 226 g/mol. The van der Waals surface area contributed by atoms with Gasteiger partial charge in [-0.05, 0) is 25.5 Å². The molecule has 4 nitrogen and oxygen atoms in total. The maximum atomic E-state index is 12.4. The first-order valence-corrected chi connectivity index (χ1v) is 5.84. The molecule has 0 radical (unpaired) electrons. The van der Waals surface area contributed by atoms with E-state index < -0.39 is 6.04 Å². The first kappa shape index (κ1) is 12.5. The largest absolute Gasteiger partial charge is 0.317 e. The number of Topliss-reactive ketones (excluding diaryl/α,β-unsaturated/α-hetero) is 1. The van der Waals surface area contributed by atoms with Crippen LogP contribution in [0.1, 0.15) is 33.1 Å². The molecule has 2 aromatic rings. The normalized spacial score (nSPS) is 12.4. The molecule has 0 bridgehead atoms. The Morgan fingerprint density at radius 1 is 1.39 bits per heavy atom. The molecule has 1 atom stereocenters. The Kier molecular flexibility index (Phi) is 3.30. The second-order valence-electron chi connectivity index (χ2n) is 4.61. The van der Waals surface area contributed by atoms with Gasteiger partial charge in [0, 0.05) is 24.4 Å². The van der Waals surface area contributed by atoms with Gasteiger partial charge in [-0.3, -0.25) is 9.48 Å². The second-order valence-corrected chi connectivity index (χ2v) is 4.61. The van der Waals surface area contributed by atoms with Gasteiger partial charge in [0.15, 0.2) is 5.78 Å². The molecule has 1 heterocycles. The number of nitrogens with two attached hydrogens (primary N) is 1. The van der Waals surface area contributed by atoms with Gasteiger partial charge in [-0.1, -0.05) is 17.7 Å². The van der Waals surface area contributed by atoms with E-state index in [9.17, 15) is 4.79 Å². The molecule has 0 amide bonds. The fourth-order valence-electron chi connectivity index (χ4n) is 1.92. The predicted molar refractivity (Wildman–Crippen MR) is 70.4 cm³/mol. The highest BCUT2D eigenvalue weighted by Gasteiger charge is 2.20. The zero-order valence-corrected chi connectivity index (χ0v) is 10.8. The summed E-state index contributed by atoms with van der Waals surface area (Å²) < 4.78 is 1.64. The average Bonchev–Trinajstić information content (AvgIpc) is 2.77. The number of benzene rings is 1. The number of ketones is 1. The van der Waals surface area contributed by atoms with Crippen LogP contribution in [0.5, 0.6) is 0 Å². The third kappa shape index (κ3) is 2.33. The van der Waals surface area contributed by atoms with Gasteiger partial charge < -0.3 is 5.73 Å². The van der Waals surface area contributed by atoms with Crippen LogP contribution in [0.4, 0.5) is 0 Å². The SMILES string of the molecule is Cc1ccc(C)c(C(=O)C(N)c2cnn(C)c2)c1. The van der Waals surface area contributed by atoms with Crippen LogP contribution in [0, 0.1) is 13.8 Å². The molecule has 1 unspecified atom stereocenters. The molecule has 18 heavy (non-hydrogen) atoms. The highest BCUT2D eigenvalue weighted by atomic mass is 16.1. The van der Waals surface area contributed by atoms with Crippen molar-refractivity contribution in [2.45, 2.75) is 19.9 Å². The monoisotopic (exact) mass is 243 g/mol. The highest BCUT2D eigenvalue weighted by molar-refractivity contribution is 6.01. The Bertz CT molecular complexity index is 586. The highest BCUT2D eigenvalue weighted by Crippen LogP contribution is 2.19. The van der Waals surface area contributed by atoms with Crippen molar-refractivity contribution in [1.82, 2.24) is 9.78 Å². The summed E-state index contributed by atoms with van der Waals surface area (Å²) in [5.41, 5.74) is 9.43. The summed E-state index contributed by atoms with van der Waals surface area (Å²) in [7, 11) is 1.80. The Balaban J connectivity index is 2.33. The lowest BCUT2D eigenvalue weighted by atomic mass is 9.95. The number of hydrogen-bond donors (Lipinski definition) is 1. The third-order valence-corrected chi connectivity index (χ3v) is 3.02. The van der Waals surface area contributed by atoms with E-state index in [1.165, 1.54) is 0 Å². The first-order chi connectivity index (χ1) is 8.49. The third-order valence-electron chi connectivity index (χ3n) is 3.02. The molecule has 0 spiro atoms. The quantitative estimate of drug-likeness (QED) is 0.838. The Labute approximate surface area is 106 Å². The van der Waals surface area contributed by atoms with E-state index in [0.717, 1.165) is 16.7 Å². The molecule has 1 aromatic carbocycles. The van der Waals surface area contributed by atoms with Crippen LogP contribution in [0.2, 0.25) is 0 Å². The zero-order valence-electron chi connectivity index (χ0n) is 10.8. The number of aryl methyl sites for hydroxylation is 3. The molecule has 94 valence electrons. The van der Waals surface area contributed by atoms with Gasteiger partial charge in [-0.15, -0.1) is 0 Å². The molecular formula is C14H17N3O. The zero-order chi connectivity index (χ0) is 13.3. The van der Waals surface area contributed by atoms with E-state index in [-0.39, 0.29) is 5.78 Å². The summed E-state index contributed by atoms with van der Waals surface area (Å²) in [6.07, 6.45) is 3.40. The molecule has 0 saturated heterocycles. The maximum Gasteiger partial charge on any atom is 0.184 e. The van der Waals surface area contributed by atoms with E-state index >= 15 is 0 Å². The van der Waals surface area contributed by atoms with E-state index in [4.69, 9.17) is 5.73 Å². The standard InChI is InChI=1S/C14H17N3O/c1-9-4-5-10(2)12(6-9)14(18)13(15)11-7-16-17(3)8-11/h4-8,13H,15H2,1-3H3. The van der Waals surface area contributed by atoms with Crippen molar-refractivity contribution in [3.8, 4) is 0 Å². The average molecular weight is 243 g/mol. The molecule has 2 rings (SSSR count). The number of carbonyl (C=O) groups is 1. The summed E-state index contributed by atoms with van der Waals surface area (Å²) in [5, 5.41) is 4.04. The second kappa shape index (κ2) is 4.74. The fourth-order valence-corrected chi connectivity index (χ4v) is 1.92. The van der Waals surface area contributed by atoms with Crippen LogP contribution < -0.4 is 5.73 Å². The predicted octanol–water partition coefficient (Wildman–Crippen LogP) is 1.92. The van der Waals surface area contributed by atoms with Crippen molar-refractivity contribution >= 4 is 5.78 Å². The Morgan fingerprint density at radius 2 is 2.11 bits per heavy atom. The van der Waals surface area contributed by atoms with Crippen molar-refractivity contribution in [1.29, 1.82) is 0 Å². The summed E-state index contributed by atoms with van der Waals surface area (Å²) in [4.78, 5) is 12.4. The summed E-state index contributed by atoms with van der Waals surface area (Å²) >= 11 is 0. The van der Waals surface area contributed by atoms with Gasteiger partial charge in [0.25, 0.3) is 0 Å². The van der Waals surface area contributed by atoms with Crippen molar-refractivity contribution in [3.63, 3.8) is 0 Å². The van der Waals surface area contributed by atoms with Gasteiger partial charge in [0.2, 0.25) is 0 Å². The van der Waals surface area contributed by atoms with E-state index in [0.29, 0.717) is 5.56 Å². The lowest BCUT2D eigenvalue weighted by molar-refractivity contribution is 0.0960. The van der Waals surface area contributed by atoms with Crippen LogP contribution in [0.25, 0.3) is 0 Å². The fraction of sp³-hybridized carbons (Fsp3) is 0.286. The molecule has 0 aliphatic rings. The summed E-state index contributed by atoms with van der Waals surface area (Å²) in [5.74, 6) is -0.0656. The van der Waals surface area contributed by atoms with Gasteiger partial charge in [-0.25, -0.2) is 0 Å². The molecule has 4 heteroatoms. The van der Waals surface area contributed by atoms with Gasteiger partial charge in [0.1, 0.15) is 0 Å². The van der Waals surface area contributed by atoms with Crippen LogP contribution in [-0.2, 0) is 7.05 Å². The molecule has 0 saturated carbocycles. The Morgan fingerprint density at radius 3 is 2.72 bits per heavy atom. The van der Waals surface area contributed by atoms with Crippen molar-refractivity contribution < 1.29 is 4.79 Å². The van der Waals surface area contributed by atoms with Crippen molar-refractivity contribution in [3.05, 3.63) is 52.8 Å². The Hall–Kier alpha value is -1.94. The van der Waals surface area contributed by atoms with Crippen molar-refractivity contribution in [2.24, 2.45) is 12.8 Å². The first-order valence-electron chi connectivity index (χ1n) is 5.84. The lowest BCUT2D eigenvalue weighted by Crippen LogP contribution is -2.22. The molecule has 0 aliphatic carbocycles. The van der Waals surface area contributed by atoms with E-state index in [1.54, 1.807) is 24.1 Å². The van der Waals surface area contributed by atoms with Gasteiger partial charge >= 0.3 is 0 Å². The molecule has 0 fully saturated rings. The van der Waals surface area contributed by atoms with E-state index in [1.807, 2.05) is 32.0 Å². The minimum Gasteiger partial charge on any atom is -0.317 e. The van der Waals surface area contributed by atoms with Gasteiger partial charge in [0.05, 0.1) is 12.2 Å². The minimum atomic E-state index is -0.654. The lowest BCUT2D eigenvalue weighted by Gasteiger charge is -2.11. The van der Waals surface area contributed by atoms with Crippen molar-refractivity contribution in [2.75, 3.05) is 0 Å². The smallest absolute Gasteiger partial charge is 0.184 e. The molecule has 0 aliphatic heterocycles. The molecule has 2 N–H and O–H groups in total. The van der Waals surface area contributed by atoms with Crippen LogP contribution in [-0.4, -0.2) is 15.6 Å². The summed E-state index contributed by atoms with van der Waals surface area (Å²) in [6, 6.07) is 5.16. The van der Waals surface area contributed by atoms with Crippen LogP contribution in [0.3, 0.4) is 0 Å². The maximum absolute atomic E-state index is 12.4. The van der Waals surface area contributed by atoms with Gasteiger partial charge in [-0.2, -0.15) is 5.10 Å². The molecule has 1 aromatic heterocycles. The number of aromatic nitrogens is 2. The van der Waals surface area contributed by atoms with Crippen LogP contribution >= 0.6 is 0 Å².